The quantitative estimate of drug-likeness (QED) is 0.0279. The van der Waals surface area contributed by atoms with E-state index in [1.54, 1.807) is 0 Å². The topological polar surface area (TPSA) is 0 Å². The second-order valence-corrected chi connectivity index (χ2v) is 28.9. The predicted molar refractivity (Wildman–Crippen MR) is 239 cm³/mol. The molecular weight excluding hydrogens is 846 g/mol. The van der Waals surface area contributed by atoms with Gasteiger partial charge in [0.1, 0.15) is 0 Å². The van der Waals surface area contributed by atoms with Gasteiger partial charge in [0.05, 0.1) is 15.7 Å². The largest absolute Gasteiger partial charge is 0.168 e. The molecule has 0 aromatic rings. The first kappa shape index (κ1) is 44.0. The number of rotatable bonds is 28. The Kier molecular flexibility index (Phi) is 37.6. The van der Waals surface area contributed by atoms with Gasteiger partial charge in [-0.05, 0) is 0 Å². The third-order valence-electron chi connectivity index (χ3n) is 3.79. The molecule has 0 spiro atoms. The van der Waals surface area contributed by atoms with Gasteiger partial charge in [0.25, 0.3) is 0 Å². The number of hydrogen-bond donors (Lipinski definition) is 8. The van der Waals surface area contributed by atoms with Gasteiger partial charge in [-0.3, -0.25) is 0 Å². The molecule has 0 bridgehead atoms. The maximum atomic E-state index is 4.50. The summed E-state index contributed by atoms with van der Waals surface area (Å²) in [6.07, 6.45) is 0. The molecule has 0 saturated heterocycles. The summed E-state index contributed by atoms with van der Waals surface area (Å²) in [4.78, 5) is 0. The molecule has 20 heteroatoms. The summed E-state index contributed by atoms with van der Waals surface area (Å²) in [7, 11) is 0. The van der Waals surface area contributed by atoms with Crippen molar-refractivity contribution in [2.45, 2.75) is 15.7 Å². The Morgan fingerprint density at radius 1 is 0.297 bits per heavy atom. The summed E-state index contributed by atoms with van der Waals surface area (Å²) in [5.41, 5.74) is 0.156. The minimum absolute atomic E-state index is 0.156. The van der Waals surface area contributed by atoms with Crippen molar-refractivity contribution in [1.29, 1.82) is 0 Å². The molecule has 0 unspecified atom stereocenters. The van der Waals surface area contributed by atoms with Crippen LogP contribution in [-0.2, 0) is 0 Å². The lowest BCUT2D eigenvalue weighted by Gasteiger charge is -2.36. The zero-order chi connectivity index (χ0) is 27.8. The van der Waals surface area contributed by atoms with Crippen LogP contribution < -0.4 is 0 Å². The third kappa shape index (κ3) is 23.9. The van der Waals surface area contributed by atoms with Crippen molar-refractivity contribution < 1.29 is 0 Å². The second kappa shape index (κ2) is 31.6. The van der Waals surface area contributed by atoms with Crippen molar-refractivity contribution in [1.82, 2.24) is 0 Å². The maximum Gasteiger partial charge on any atom is 0.0972 e. The molecular formula is C17H36S20. The summed E-state index contributed by atoms with van der Waals surface area (Å²) in [6, 6.07) is 0. The van der Waals surface area contributed by atoms with E-state index < -0.39 is 0 Å². The molecule has 0 aliphatic heterocycles. The maximum absolute atomic E-state index is 4.50. The van der Waals surface area contributed by atoms with Gasteiger partial charge < -0.3 is 0 Å². The molecule has 0 amide bonds. The molecule has 0 radical (unpaired) electrons. The fourth-order valence-electron chi connectivity index (χ4n) is 2.29. The molecule has 0 rings (SSSR count). The molecule has 0 saturated carbocycles. The van der Waals surface area contributed by atoms with Crippen LogP contribution in [0.3, 0.4) is 0 Å². The Bertz CT molecular complexity index is 378. The lowest BCUT2D eigenvalue weighted by Crippen LogP contribution is -2.35. The Morgan fingerprint density at radius 2 is 0.459 bits per heavy atom. The van der Waals surface area contributed by atoms with Crippen molar-refractivity contribution in [3.63, 3.8) is 0 Å². The predicted octanol–water partition coefficient (Wildman–Crippen LogP) is 11.0. The molecule has 0 aromatic heterocycles. The lowest BCUT2D eigenvalue weighted by molar-refractivity contribution is 0.516. The summed E-state index contributed by atoms with van der Waals surface area (Å²) >= 11 is 59.5. The summed E-state index contributed by atoms with van der Waals surface area (Å²) in [6.45, 7) is 0. The van der Waals surface area contributed by atoms with E-state index in [2.05, 4.69) is 148 Å². The van der Waals surface area contributed by atoms with Crippen molar-refractivity contribution in [2.75, 3.05) is 63.7 Å². The molecule has 0 heterocycles. The smallest absolute Gasteiger partial charge is 0.0972 e. The van der Waals surface area contributed by atoms with Crippen LogP contribution in [0.1, 0.15) is 0 Å². The summed E-state index contributed by atoms with van der Waals surface area (Å²) < 4.78 is 1.75. The zero-order valence-electron chi connectivity index (χ0n) is 19.8. The first-order valence-electron chi connectivity index (χ1n) is 10.2. The number of hydrogen-bond acceptors (Lipinski definition) is 20. The van der Waals surface area contributed by atoms with Gasteiger partial charge in [0.2, 0.25) is 0 Å². The molecule has 0 aliphatic carbocycles. The normalized spacial score (nSPS) is 12.6. The lowest BCUT2D eigenvalue weighted by atomic mass is 9.99. The van der Waals surface area contributed by atoms with Gasteiger partial charge >= 0.3 is 0 Å². The highest BCUT2D eigenvalue weighted by Gasteiger charge is 2.35. The third-order valence-corrected chi connectivity index (χ3v) is 24.7. The highest BCUT2D eigenvalue weighted by molar-refractivity contribution is 8.37. The average Bonchev–Trinajstić information content (AvgIpc) is 2.88. The van der Waals surface area contributed by atoms with Crippen LogP contribution in [0.15, 0.2) is 0 Å². The summed E-state index contributed by atoms with van der Waals surface area (Å²) in [5.74, 6) is 4.40. The van der Waals surface area contributed by atoms with Crippen molar-refractivity contribution in [3.05, 3.63) is 0 Å². The monoisotopic (exact) mass is 880 g/mol. The minimum Gasteiger partial charge on any atom is -0.168 e. The fourth-order valence-corrected chi connectivity index (χ4v) is 25.2. The first-order chi connectivity index (χ1) is 18.0. The van der Waals surface area contributed by atoms with Crippen LogP contribution >= 0.6 is 242 Å². The van der Waals surface area contributed by atoms with E-state index in [1.165, 1.54) is 0 Å². The number of thiol groups is 8. The van der Waals surface area contributed by atoms with Crippen LogP contribution in [0.5, 0.6) is 0 Å². The van der Waals surface area contributed by atoms with Crippen molar-refractivity contribution >= 4 is 242 Å². The summed E-state index contributed by atoms with van der Waals surface area (Å²) in [5, 5.41) is 6.57. The van der Waals surface area contributed by atoms with Gasteiger partial charge in [-0.15, -0.1) is 141 Å². The Balaban J connectivity index is 5.94. The molecule has 37 heavy (non-hydrogen) atoms. The van der Waals surface area contributed by atoms with E-state index in [0.29, 0.717) is 15.7 Å². The molecule has 0 aliphatic rings. The number of thioether (sulfide) groups is 12. The van der Waals surface area contributed by atoms with Gasteiger partial charge in [-0.2, -0.15) is 101 Å². The van der Waals surface area contributed by atoms with Gasteiger partial charge in [-0.25, -0.2) is 0 Å². The fraction of sp³-hybridized carbons (Fsp3) is 1.00. The van der Waals surface area contributed by atoms with E-state index >= 15 is 0 Å². The van der Waals surface area contributed by atoms with Gasteiger partial charge in [0, 0.05) is 69.1 Å². The van der Waals surface area contributed by atoms with Crippen LogP contribution in [-0.4, -0.2) is 79.3 Å². The van der Waals surface area contributed by atoms with Crippen molar-refractivity contribution in [3.8, 4) is 0 Å². The molecule has 0 atom stereocenters. The first-order valence-corrected chi connectivity index (χ1v) is 27.9. The SMILES string of the molecule is SCSC(SCS)SCC(CSC(SCS)SCS)(CSC(SCS)SCS)CSC(SCS)SCS. The van der Waals surface area contributed by atoms with E-state index in [9.17, 15) is 0 Å². The average molecular weight is 882 g/mol. The Morgan fingerprint density at radius 3 is 0.595 bits per heavy atom. The second-order valence-electron chi connectivity index (χ2n) is 6.26. The van der Waals surface area contributed by atoms with E-state index in [4.69, 9.17) is 0 Å². The molecule has 0 fully saturated rings. The van der Waals surface area contributed by atoms with Gasteiger partial charge in [-0.1, -0.05) is 0 Å². The Hall–Kier alpha value is 7.00. The highest BCUT2D eigenvalue weighted by Crippen LogP contribution is 2.49. The van der Waals surface area contributed by atoms with E-state index in [0.717, 1.165) is 63.7 Å². The van der Waals surface area contributed by atoms with Crippen LogP contribution in [0.25, 0.3) is 0 Å². The Labute approximate surface area is 321 Å². The van der Waals surface area contributed by atoms with E-state index in [1.807, 2.05) is 94.1 Å². The molecule has 0 nitrogen and oxygen atoms in total. The highest BCUT2D eigenvalue weighted by atomic mass is 32.3. The minimum atomic E-state index is 0.156. The van der Waals surface area contributed by atoms with Crippen LogP contribution in [0, 0.1) is 5.41 Å². The van der Waals surface area contributed by atoms with Gasteiger partial charge in [0.15, 0.2) is 0 Å². The molecule has 0 aromatic carbocycles. The van der Waals surface area contributed by atoms with Crippen molar-refractivity contribution in [2.24, 2.45) is 5.41 Å². The van der Waals surface area contributed by atoms with Crippen LogP contribution in [0.4, 0.5) is 0 Å². The standard InChI is InChI=1S/C17H36S20/c18-5-30-13(31-6-19)26-1-17(2-27-14(32-7-20)33-8-21,3-28-15(34-9-22)35-10-23)4-29-16(36-11-24)37-12-25/h13-16,18-25H,1-12H2. The molecule has 0 N–H and O–H groups in total. The molecule has 224 valence electrons. The van der Waals surface area contributed by atoms with Crippen LogP contribution in [0.2, 0.25) is 0 Å². The zero-order valence-corrected chi connectivity index (χ0v) is 36.7. The van der Waals surface area contributed by atoms with E-state index in [-0.39, 0.29) is 5.41 Å².